The number of nitrogens with zero attached hydrogens (tertiary/aromatic N) is 2. The molecular weight excluding hydrogens is 507 g/mol. The molecule has 1 aliphatic heterocycles. The van der Waals surface area contributed by atoms with Crippen LogP contribution < -0.4 is 9.74 Å². The SMILES string of the molecule is Cc1cc(NC(=O)C2N=C(c3nc4c(O[SiH](C)C)cc(C(C)(C)C)cc4s3)SC2(C)C)c(C)cc1O. The number of thiazole rings is 1. The molecular formula is C27H35N3O3S2Si. The molecule has 2 N–H and O–H groups in total. The number of carbonyl (C=O) groups is 1. The summed E-state index contributed by atoms with van der Waals surface area (Å²) in [4.78, 5) is 23.2. The Morgan fingerprint density at radius 1 is 1.14 bits per heavy atom. The lowest BCUT2D eigenvalue weighted by atomic mass is 9.87. The maximum atomic E-state index is 13.3. The molecule has 0 fully saturated rings. The molecule has 0 bridgehead atoms. The van der Waals surface area contributed by atoms with Crippen molar-refractivity contribution in [3.63, 3.8) is 0 Å². The van der Waals surface area contributed by atoms with Crippen LogP contribution in [0, 0.1) is 13.8 Å². The first-order chi connectivity index (χ1) is 16.7. The van der Waals surface area contributed by atoms with Gasteiger partial charge in [-0.25, -0.2) is 4.98 Å². The van der Waals surface area contributed by atoms with Crippen molar-refractivity contribution in [3.05, 3.63) is 46.0 Å². The van der Waals surface area contributed by atoms with Crippen LogP contribution in [0.15, 0.2) is 29.3 Å². The summed E-state index contributed by atoms with van der Waals surface area (Å²) in [6, 6.07) is 7.23. The van der Waals surface area contributed by atoms with Gasteiger partial charge in [0.1, 0.15) is 33.1 Å². The van der Waals surface area contributed by atoms with E-state index >= 15 is 0 Å². The fourth-order valence-corrected chi connectivity index (χ4v) is 6.99. The number of phenols is 1. The van der Waals surface area contributed by atoms with Gasteiger partial charge in [-0.2, -0.15) is 0 Å². The second kappa shape index (κ2) is 9.50. The van der Waals surface area contributed by atoms with Gasteiger partial charge in [-0.3, -0.25) is 9.79 Å². The summed E-state index contributed by atoms with van der Waals surface area (Å²) in [7, 11) is -1.33. The van der Waals surface area contributed by atoms with E-state index < -0.39 is 19.8 Å². The average molecular weight is 542 g/mol. The van der Waals surface area contributed by atoms with Crippen LogP contribution >= 0.6 is 23.1 Å². The molecule has 192 valence electrons. The molecule has 3 aromatic rings. The molecule has 2 aromatic carbocycles. The lowest BCUT2D eigenvalue weighted by Gasteiger charge is -2.23. The van der Waals surface area contributed by atoms with Crippen molar-refractivity contribution in [2.24, 2.45) is 4.99 Å². The average Bonchev–Trinajstić information content (AvgIpc) is 3.31. The van der Waals surface area contributed by atoms with Crippen molar-refractivity contribution in [2.45, 2.75) is 77.8 Å². The van der Waals surface area contributed by atoms with E-state index in [0.717, 1.165) is 31.6 Å². The topological polar surface area (TPSA) is 83.8 Å². The van der Waals surface area contributed by atoms with Crippen LogP contribution in [0.25, 0.3) is 10.2 Å². The third-order valence-electron chi connectivity index (χ3n) is 6.19. The summed E-state index contributed by atoms with van der Waals surface area (Å²) in [5.74, 6) is 0.898. The van der Waals surface area contributed by atoms with Crippen LogP contribution in [0.5, 0.6) is 11.5 Å². The lowest BCUT2D eigenvalue weighted by molar-refractivity contribution is -0.117. The fourth-order valence-electron chi connectivity index (χ4n) is 4.08. The Kier molecular flexibility index (Phi) is 7.04. The monoisotopic (exact) mass is 541 g/mol. The van der Waals surface area contributed by atoms with E-state index in [-0.39, 0.29) is 17.1 Å². The predicted molar refractivity (Wildman–Crippen MR) is 156 cm³/mol. The van der Waals surface area contributed by atoms with Gasteiger partial charge in [0.2, 0.25) is 9.04 Å². The van der Waals surface area contributed by atoms with Gasteiger partial charge < -0.3 is 14.8 Å². The quantitative estimate of drug-likeness (QED) is 0.282. The summed E-state index contributed by atoms with van der Waals surface area (Å²) >= 11 is 3.19. The number of nitrogens with one attached hydrogen (secondary N) is 1. The minimum absolute atomic E-state index is 0.00942. The molecule has 0 spiro atoms. The van der Waals surface area contributed by atoms with Crippen molar-refractivity contribution < 1.29 is 14.3 Å². The van der Waals surface area contributed by atoms with Gasteiger partial charge in [-0.1, -0.05) is 32.5 Å². The molecule has 36 heavy (non-hydrogen) atoms. The number of carbonyl (C=O) groups excluding carboxylic acids is 1. The normalized spacial score (nSPS) is 17.5. The number of hydrogen-bond donors (Lipinski definition) is 2. The van der Waals surface area contributed by atoms with Crippen LogP contribution in [-0.4, -0.2) is 40.9 Å². The van der Waals surface area contributed by atoms with Crippen LogP contribution in [0.4, 0.5) is 5.69 Å². The molecule has 0 aliphatic carbocycles. The highest BCUT2D eigenvalue weighted by atomic mass is 32.2. The highest BCUT2D eigenvalue weighted by molar-refractivity contribution is 8.16. The molecule has 0 saturated carbocycles. The summed E-state index contributed by atoms with van der Waals surface area (Å²) in [5, 5.41) is 14.6. The third kappa shape index (κ3) is 5.33. The van der Waals surface area contributed by atoms with Gasteiger partial charge in [-0.05, 0) is 87.2 Å². The van der Waals surface area contributed by atoms with Crippen LogP contribution in [0.1, 0.15) is 56.3 Å². The molecule has 4 rings (SSSR count). The molecule has 9 heteroatoms. The number of amides is 1. The highest BCUT2D eigenvalue weighted by Gasteiger charge is 2.43. The molecule has 1 unspecified atom stereocenters. The second-order valence-electron chi connectivity index (χ2n) is 11.2. The fraction of sp³-hybridized carbons (Fsp3) is 0.444. The lowest BCUT2D eigenvalue weighted by Crippen LogP contribution is -2.39. The van der Waals surface area contributed by atoms with Crippen molar-refractivity contribution in [2.75, 3.05) is 5.32 Å². The van der Waals surface area contributed by atoms with Crippen molar-refractivity contribution in [3.8, 4) is 11.5 Å². The zero-order chi connectivity index (χ0) is 26.6. The van der Waals surface area contributed by atoms with Crippen LogP contribution in [0.2, 0.25) is 13.1 Å². The number of hydrogen-bond acceptors (Lipinski definition) is 7. The van der Waals surface area contributed by atoms with E-state index in [9.17, 15) is 9.90 Å². The van der Waals surface area contributed by atoms with Gasteiger partial charge >= 0.3 is 0 Å². The number of benzene rings is 2. The first-order valence-electron chi connectivity index (χ1n) is 12.2. The first-order valence-corrected chi connectivity index (χ1v) is 16.6. The molecule has 1 amide bonds. The highest BCUT2D eigenvalue weighted by Crippen LogP contribution is 2.43. The summed E-state index contributed by atoms with van der Waals surface area (Å²) < 4.78 is 6.93. The van der Waals surface area contributed by atoms with Gasteiger partial charge in [0.05, 0.1) is 4.70 Å². The summed E-state index contributed by atoms with van der Waals surface area (Å²) in [6.45, 7) is 18.7. The Labute approximate surface area is 223 Å². The number of aryl methyl sites for hydroxylation is 2. The summed E-state index contributed by atoms with van der Waals surface area (Å²) in [5.41, 5.74) is 4.29. The zero-order valence-corrected chi connectivity index (χ0v) is 25.2. The number of fused-ring (bicyclic) bond motifs is 1. The van der Waals surface area contributed by atoms with Gasteiger partial charge in [0.15, 0.2) is 0 Å². The Morgan fingerprint density at radius 3 is 2.47 bits per heavy atom. The second-order valence-corrected chi connectivity index (χ2v) is 16.2. The van der Waals surface area contributed by atoms with E-state index in [4.69, 9.17) is 14.4 Å². The molecule has 2 heterocycles. The maximum absolute atomic E-state index is 13.3. The van der Waals surface area contributed by atoms with E-state index in [1.807, 2.05) is 27.7 Å². The standard InChI is InChI=1S/C27H35N3O3S2Si/c1-14-11-18(31)15(2)10-17(14)28-23(32)22-27(6,7)35-25(30-22)24-29-21-19(33-36(8)9)12-16(26(3,4)5)13-20(21)34-24/h10-13,22,31,36H,1-9H3,(H,28,32). The smallest absolute Gasteiger partial charge is 0.250 e. The molecule has 0 saturated heterocycles. The van der Waals surface area contributed by atoms with E-state index in [2.05, 4.69) is 51.3 Å². The molecule has 1 aromatic heterocycles. The Balaban J connectivity index is 1.70. The predicted octanol–water partition coefficient (Wildman–Crippen LogP) is 6.56. The number of aromatic nitrogens is 1. The largest absolute Gasteiger partial charge is 0.545 e. The number of anilines is 1. The van der Waals surface area contributed by atoms with Gasteiger partial charge in [0.25, 0.3) is 5.91 Å². The maximum Gasteiger partial charge on any atom is 0.250 e. The Hall–Kier alpha value is -2.36. The van der Waals surface area contributed by atoms with E-state index in [0.29, 0.717) is 11.3 Å². The molecule has 1 atom stereocenters. The number of aromatic hydroxyl groups is 1. The van der Waals surface area contributed by atoms with Crippen molar-refractivity contribution in [1.29, 1.82) is 0 Å². The van der Waals surface area contributed by atoms with Gasteiger partial charge in [-0.15, -0.1) is 11.3 Å². The Bertz CT molecular complexity index is 1370. The minimum Gasteiger partial charge on any atom is -0.545 e. The molecule has 0 radical (unpaired) electrons. The molecule has 6 nitrogen and oxygen atoms in total. The van der Waals surface area contributed by atoms with Crippen molar-refractivity contribution >= 4 is 59.0 Å². The van der Waals surface area contributed by atoms with Crippen LogP contribution in [0.3, 0.4) is 0 Å². The number of aliphatic imine (C=N–C) groups is 1. The van der Waals surface area contributed by atoms with Crippen molar-refractivity contribution in [1.82, 2.24) is 4.98 Å². The zero-order valence-electron chi connectivity index (χ0n) is 22.4. The van der Waals surface area contributed by atoms with E-state index in [1.54, 1.807) is 35.2 Å². The summed E-state index contributed by atoms with van der Waals surface area (Å²) in [6.07, 6.45) is 0. The number of phenolic OH excluding ortho intramolecular Hbond substituents is 1. The number of thioether (sulfide) groups is 1. The third-order valence-corrected chi connectivity index (χ3v) is 9.29. The first kappa shape index (κ1) is 26.7. The van der Waals surface area contributed by atoms with Gasteiger partial charge in [0, 0.05) is 10.4 Å². The van der Waals surface area contributed by atoms with Crippen LogP contribution in [-0.2, 0) is 10.2 Å². The van der Waals surface area contributed by atoms with E-state index in [1.165, 1.54) is 5.56 Å². The molecule has 1 aliphatic rings. The minimum atomic E-state index is -1.33. The number of rotatable bonds is 5. The Morgan fingerprint density at radius 2 is 1.83 bits per heavy atom.